The van der Waals surface area contributed by atoms with E-state index in [1.165, 1.54) is 32.1 Å². The van der Waals surface area contributed by atoms with Crippen molar-refractivity contribution in [3.8, 4) is 0 Å². The van der Waals surface area contributed by atoms with Crippen molar-refractivity contribution in [2.45, 2.75) is 76.7 Å². The molecule has 0 spiro atoms. The maximum Gasteiger partial charge on any atom is 0.323 e. The Hall–Kier alpha value is -0.610. The van der Waals surface area contributed by atoms with Gasteiger partial charge in [-0.3, -0.25) is 4.79 Å². The Morgan fingerprint density at radius 2 is 1.95 bits per heavy atom. The molecular weight excluding hydrogens is 254 g/mol. The average Bonchev–Trinajstić information content (AvgIpc) is 2.80. The first-order valence-corrected chi connectivity index (χ1v) is 8.21. The van der Waals surface area contributed by atoms with Crippen LogP contribution in [0.2, 0.25) is 0 Å². The van der Waals surface area contributed by atoms with E-state index < -0.39 is 11.5 Å². The molecule has 118 valence electrons. The lowest BCUT2D eigenvalue weighted by Gasteiger charge is -2.26. The number of rotatable bonds is 11. The van der Waals surface area contributed by atoms with E-state index in [1.54, 1.807) is 0 Å². The van der Waals surface area contributed by atoms with Crippen molar-refractivity contribution >= 4 is 5.97 Å². The SMILES string of the molecule is CCCCCCCCOCCC1CCCC1(N)C(=O)O. The summed E-state index contributed by atoms with van der Waals surface area (Å²) in [5.41, 5.74) is 4.99. The third kappa shape index (κ3) is 5.41. The van der Waals surface area contributed by atoms with E-state index in [0.29, 0.717) is 13.0 Å². The first kappa shape index (κ1) is 17.4. The van der Waals surface area contributed by atoms with Gasteiger partial charge < -0.3 is 15.6 Å². The summed E-state index contributed by atoms with van der Waals surface area (Å²) in [5, 5.41) is 9.22. The number of hydrogen-bond acceptors (Lipinski definition) is 3. The van der Waals surface area contributed by atoms with Gasteiger partial charge in [-0.1, -0.05) is 45.4 Å². The van der Waals surface area contributed by atoms with Gasteiger partial charge in [0.2, 0.25) is 0 Å². The van der Waals surface area contributed by atoms with Gasteiger partial charge >= 0.3 is 5.97 Å². The number of unbranched alkanes of at least 4 members (excludes halogenated alkanes) is 5. The Balaban J connectivity index is 2.02. The van der Waals surface area contributed by atoms with Crippen LogP contribution < -0.4 is 5.73 Å². The molecule has 0 aliphatic heterocycles. The third-order valence-corrected chi connectivity index (χ3v) is 4.52. The lowest BCUT2D eigenvalue weighted by Crippen LogP contribution is -2.51. The standard InChI is InChI=1S/C16H31NO3/c1-2-3-4-5-6-7-12-20-13-10-14-9-8-11-16(14,17)15(18)19/h14H,2-13,17H2,1H3,(H,18,19). The molecule has 1 rings (SSSR count). The van der Waals surface area contributed by atoms with Crippen molar-refractivity contribution in [3.05, 3.63) is 0 Å². The molecule has 0 aromatic rings. The molecule has 2 atom stereocenters. The Labute approximate surface area is 123 Å². The van der Waals surface area contributed by atoms with Gasteiger partial charge in [-0.15, -0.1) is 0 Å². The van der Waals surface area contributed by atoms with Crippen LogP contribution in [0, 0.1) is 5.92 Å². The molecule has 0 amide bonds. The molecule has 4 nitrogen and oxygen atoms in total. The minimum atomic E-state index is -1.01. The quantitative estimate of drug-likeness (QED) is 0.571. The van der Waals surface area contributed by atoms with Crippen LogP contribution in [0.5, 0.6) is 0 Å². The Kier molecular flexibility index (Phi) is 8.15. The molecule has 0 radical (unpaired) electrons. The fraction of sp³-hybridized carbons (Fsp3) is 0.938. The summed E-state index contributed by atoms with van der Waals surface area (Å²) in [4.78, 5) is 11.2. The average molecular weight is 285 g/mol. The van der Waals surface area contributed by atoms with E-state index in [2.05, 4.69) is 6.92 Å². The minimum absolute atomic E-state index is 0.0737. The molecule has 0 aromatic heterocycles. The van der Waals surface area contributed by atoms with E-state index in [9.17, 15) is 9.90 Å². The summed E-state index contributed by atoms with van der Waals surface area (Å²) in [5.74, 6) is -0.777. The first-order valence-electron chi connectivity index (χ1n) is 8.21. The number of carboxylic acids is 1. The maximum atomic E-state index is 11.2. The Morgan fingerprint density at radius 1 is 1.25 bits per heavy atom. The van der Waals surface area contributed by atoms with Crippen LogP contribution >= 0.6 is 0 Å². The molecule has 0 aromatic carbocycles. The molecule has 1 saturated carbocycles. The lowest BCUT2D eigenvalue weighted by molar-refractivity contribution is -0.145. The van der Waals surface area contributed by atoms with Gasteiger partial charge in [0.25, 0.3) is 0 Å². The van der Waals surface area contributed by atoms with E-state index in [0.717, 1.165) is 32.3 Å². The third-order valence-electron chi connectivity index (χ3n) is 4.52. The molecule has 20 heavy (non-hydrogen) atoms. The van der Waals surface area contributed by atoms with E-state index in [4.69, 9.17) is 10.5 Å². The van der Waals surface area contributed by atoms with Gasteiger partial charge in [0.1, 0.15) is 5.54 Å². The second-order valence-electron chi connectivity index (χ2n) is 6.10. The van der Waals surface area contributed by atoms with Crippen molar-refractivity contribution in [1.29, 1.82) is 0 Å². The Morgan fingerprint density at radius 3 is 2.65 bits per heavy atom. The zero-order valence-electron chi connectivity index (χ0n) is 12.9. The predicted octanol–water partition coefficient (Wildman–Crippen LogP) is 3.34. The number of nitrogens with two attached hydrogens (primary N) is 1. The molecular formula is C16H31NO3. The zero-order valence-corrected chi connectivity index (χ0v) is 12.9. The highest BCUT2D eigenvalue weighted by Gasteiger charge is 2.45. The molecule has 0 saturated heterocycles. The molecule has 3 N–H and O–H groups in total. The van der Waals surface area contributed by atoms with Crippen LogP contribution in [0.3, 0.4) is 0 Å². The van der Waals surface area contributed by atoms with Gasteiger partial charge in [-0.2, -0.15) is 0 Å². The van der Waals surface area contributed by atoms with Crippen LogP contribution in [0.15, 0.2) is 0 Å². The monoisotopic (exact) mass is 285 g/mol. The van der Waals surface area contributed by atoms with Crippen molar-refractivity contribution < 1.29 is 14.6 Å². The second-order valence-corrected chi connectivity index (χ2v) is 6.10. The summed E-state index contributed by atoms with van der Waals surface area (Å²) >= 11 is 0. The molecule has 0 bridgehead atoms. The summed E-state index contributed by atoms with van der Waals surface area (Å²) in [6, 6.07) is 0. The predicted molar refractivity (Wildman–Crippen MR) is 80.7 cm³/mol. The molecule has 1 aliphatic rings. The normalized spacial score (nSPS) is 26.0. The highest BCUT2D eigenvalue weighted by atomic mass is 16.5. The summed E-state index contributed by atoms with van der Waals surface area (Å²) in [6.45, 7) is 3.66. The number of ether oxygens (including phenoxy) is 1. The number of carbonyl (C=O) groups is 1. The van der Waals surface area contributed by atoms with Gasteiger partial charge in [0.15, 0.2) is 0 Å². The Bertz CT molecular complexity index is 283. The summed E-state index contributed by atoms with van der Waals surface area (Å²) in [6.07, 6.45) is 10.8. The lowest BCUT2D eigenvalue weighted by atomic mass is 9.86. The van der Waals surface area contributed by atoms with E-state index in [1.807, 2.05) is 0 Å². The van der Waals surface area contributed by atoms with Gasteiger partial charge in [-0.05, 0) is 31.6 Å². The molecule has 1 aliphatic carbocycles. The number of aliphatic carboxylic acids is 1. The maximum absolute atomic E-state index is 11.2. The smallest absolute Gasteiger partial charge is 0.323 e. The minimum Gasteiger partial charge on any atom is -0.480 e. The topological polar surface area (TPSA) is 72.5 Å². The van der Waals surface area contributed by atoms with Gasteiger partial charge in [0.05, 0.1) is 0 Å². The summed E-state index contributed by atoms with van der Waals surface area (Å²) in [7, 11) is 0. The van der Waals surface area contributed by atoms with Crippen LogP contribution in [-0.4, -0.2) is 29.8 Å². The van der Waals surface area contributed by atoms with Crippen LogP contribution in [0.25, 0.3) is 0 Å². The van der Waals surface area contributed by atoms with Crippen LogP contribution in [-0.2, 0) is 9.53 Å². The van der Waals surface area contributed by atoms with Gasteiger partial charge in [-0.25, -0.2) is 0 Å². The first-order chi connectivity index (χ1) is 9.61. The highest BCUT2D eigenvalue weighted by molar-refractivity contribution is 5.79. The van der Waals surface area contributed by atoms with Crippen LogP contribution in [0.4, 0.5) is 0 Å². The number of carboxylic acid groups (broad SMARTS) is 1. The highest BCUT2D eigenvalue weighted by Crippen LogP contribution is 2.36. The van der Waals surface area contributed by atoms with Crippen molar-refractivity contribution in [1.82, 2.24) is 0 Å². The fourth-order valence-electron chi connectivity index (χ4n) is 3.10. The molecule has 0 heterocycles. The van der Waals surface area contributed by atoms with E-state index >= 15 is 0 Å². The largest absolute Gasteiger partial charge is 0.480 e. The van der Waals surface area contributed by atoms with E-state index in [-0.39, 0.29) is 5.92 Å². The zero-order chi connectivity index (χ0) is 14.8. The molecule has 1 fully saturated rings. The molecule has 2 unspecified atom stereocenters. The van der Waals surface area contributed by atoms with Crippen molar-refractivity contribution in [3.63, 3.8) is 0 Å². The fourth-order valence-corrected chi connectivity index (χ4v) is 3.10. The summed E-state index contributed by atoms with van der Waals surface area (Å²) < 4.78 is 5.63. The van der Waals surface area contributed by atoms with Crippen molar-refractivity contribution in [2.75, 3.05) is 13.2 Å². The van der Waals surface area contributed by atoms with Gasteiger partial charge in [0, 0.05) is 13.2 Å². The second kappa shape index (κ2) is 9.35. The van der Waals surface area contributed by atoms with Crippen LogP contribution in [0.1, 0.15) is 71.1 Å². The molecule has 4 heteroatoms. The van der Waals surface area contributed by atoms with Crippen molar-refractivity contribution in [2.24, 2.45) is 11.7 Å². The number of hydrogen-bond donors (Lipinski definition) is 2.